The maximum Gasteiger partial charge on any atom is 0.227 e. The Labute approximate surface area is 307 Å². The molecule has 6 heterocycles. The summed E-state index contributed by atoms with van der Waals surface area (Å²) >= 11 is 0. The van der Waals surface area contributed by atoms with Crippen molar-refractivity contribution in [3.05, 3.63) is 143 Å². The summed E-state index contributed by atoms with van der Waals surface area (Å²) in [6.45, 7) is 18.5. The average molecular weight is 682 g/mol. The van der Waals surface area contributed by atoms with Gasteiger partial charge < -0.3 is 4.42 Å². The second-order valence-corrected chi connectivity index (χ2v) is 15.5. The Balaban J connectivity index is 1.30. The van der Waals surface area contributed by atoms with E-state index in [9.17, 15) is 0 Å². The molecule has 52 heavy (non-hydrogen) atoms. The molecule has 0 fully saturated rings. The molecule has 2 atom stereocenters. The van der Waals surface area contributed by atoms with E-state index in [0.717, 1.165) is 58.3 Å². The first-order chi connectivity index (χ1) is 25.2. The summed E-state index contributed by atoms with van der Waals surface area (Å²) in [5.74, 6) is 0.862. The lowest BCUT2D eigenvalue weighted by Gasteiger charge is -2.29. The molecule has 0 spiro atoms. The minimum absolute atomic E-state index is 0.105. The number of aryl methyl sites for hydroxylation is 3. The van der Waals surface area contributed by atoms with Gasteiger partial charge in [0.2, 0.25) is 17.1 Å². The molecule has 0 saturated carbocycles. The van der Waals surface area contributed by atoms with E-state index in [0.29, 0.717) is 17.5 Å². The molecule has 0 aliphatic carbocycles. The fourth-order valence-electron chi connectivity index (χ4n) is 9.23. The number of furan rings is 1. The lowest BCUT2D eigenvalue weighted by Crippen LogP contribution is -2.50. The molecule has 7 aromatic rings. The Hall–Kier alpha value is -5.35. The van der Waals surface area contributed by atoms with E-state index in [1.807, 2.05) is 0 Å². The van der Waals surface area contributed by atoms with Crippen LogP contribution in [0.3, 0.4) is 0 Å². The van der Waals surface area contributed by atoms with Crippen molar-refractivity contribution in [2.24, 2.45) is 0 Å². The second-order valence-electron chi connectivity index (χ2n) is 15.5. The molecule has 2 unspecified atom stereocenters. The molecule has 0 N–H and O–H groups in total. The van der Waals surface area contributed by atoms with Crippen LogP contribution in [0.1, 0.15) is 98.2 Å². The van der Waals surface area contributed by atoms with Gasteiger partial charge in [-0.3, -0.25) is 0 Å². The van der Waals surface area contributed by atoms with E-state index in [2.05, 4.69) is 154 Å². The number of benzene rings is 3. The fourth-order valence-corrected chi connectivity index (χ4v) is 9.23. The van der Waals surface area contributed by atoms with Crippen molar-refractivity contribution in [2.45, 2.75) is 84.6 Å². The monoisotopic (exact) mass is 681 g/mol. The zero-order valence-electron chi connectivity index (χ0n) is 31.2. The van der Waals surface area contributed by atoms with Crippen LogP contribution in [0, 0.1) is 6.92 Å². The quantitative estimate of drug-likeness (QED) is 0.173. The molecule has 0 saturated heterocycles. The van der Waals surface area contributed by atoms with Crippen LogP contribution >= 0.6 is 0 Å². The summed E-state index contributed by atoms with van der Waals surface area (Å²) in [4.78, 5) is 5.31. The lowest BCUT2D eigenvalue weighted by atomic mass is 9.79. The summed E-state index contributed by atoms with van der Waals surface area (Å²) < 4.78 is 11.9. The Morgan fingerprint density at radius 3 is 2.35 bits per heavy atom. The smallest absolute Gasteiger partial charge is 0.227 e. The molecule has 2 aliphatic rings. The highest BCUT2D eigenvalue weighted by Gasteiger charge is 2.46. The van der Waals surface area contributed by atoms with Crippen LogP contribution in [-0.2, 0) is 12.8 Å². The van der Waals surface area contributed by atoms with Gasteiger partial charge >= 0.3 is 0 Å². The maximum absolute atomic E-state index is 7.01. The zero-order chi connectivity index (χ0) is 35.8. The molecule has 0 radical (unpaired) electrons. The number of nitrogens with zero attached hydrogens (tertiary/aromatic N) is 3. The minimum Gasteiger partial charge on any atom is -0.437 e. The van der Waals surface area contributed by atoms with Gasteiger partial charge in [0.15, 0.2) is 29.7 Å². The van der Waals surface area contributed by atoms with E-state index in [1.54, 1.807) is 0 Å². The third-order valence-electron chi connectivity index (χ3n) is 11.8. The molecule has 4 heteroatoms. The number of allylic oxidation sites excluding steroid dienone is 1. The molecule has 0 amide bonds. The highest BCUT2D eigenvalue weighted by atomic mass is 16.3. The van der Waals surface area contributed by atoms with Gasteiger partial charge in [0.05, 0.1) is 16.8 Å². The first-order valence-corrected chi connectivity index (χ1v) is 19.1. The zero-order valence-corrected chi connectivity index (χ0v) is 31.2. The van der Waals surface area contributed by atoms with Crippen LogP contribution < -0.4 is 9.13 Å². The number of rotatable bonds is 4. The van der Waals surface area contributed by atoms with Crippen molar-refractivity contribution in [1.82, 2.24) is 4.98 Å². The SMILES string of the molecule is C=C1C2c3ccccc3-c3cccc[n+]3C2CCc2ccc3c(oc4nc(-c5c(C(C)C)cccc5C(C)C)ccc43)c2-c2cc(C)c(CC)c[n+]21. The largest absolute Gasteiger partial charge is 0.437 e. The van der Waals surface area contributed by atoms with Crippen LogP contribution in [-0.4, -0.2) is 4.98 Å². The normalized spacial score (nSPS) is 16.6. The molecule has 2 aliphatic heterocycles. The Morgan fingerprint density at radius 1 is 0.827 bits per heavy atom. The topological polar surface area (TPSA) is 33.8 Å². The maximum atomic E-state index is 7.01. The van der Waals surface area contributed by atoms with Gasteiger partial charge in [-0.15, -0.1) is 0 Å². The summed E-state index contributed by atoms with van der Waals surface area (Å²) in [5.41, 5.74) is 17.6. The molecule has 9 rings (SSSR count). The summed E-state index contributed by atoms with van der Waals surface area (Å²) in [7, 11) is 0. The lowest BCUT2D eigenvalue weighted by molar-refractivity contribution is -0.720. The van der Waals surface area contributed by atoms with E-state index in [1.165, 1.54) is 50.2 Å². The van der Waals surface area contributed by atoms with Crippen molar-refractivity contribution in [3.63, 3.8) is 0 Å². The van der Waals surface area contributed by atoms with Gasteiger partial charge in [-0.25, -0.2) is 4.98 Å². The molecule has 258 valence electrons. The molecule has 4 aromatic heterocycles. The van der Waals surface area contributed by atoms with Gasteiger partial charge in [-0.2, -0.15) is 9.13 Å². The van der Waals surface area contributed by atoms with E-state index in [-0.39, 0.29) is 12.0 Å². The van der Waals surface area contributed by atoms with Gasteiger partial charge in [0.1, 0.15) is 5.92 Å². The average Bonchev–Trinajstić information content (AvgIpc) is 3.55. The van der Waals surface area contributed by atoms with Crippen molar-refractivity contribution < 1.29 is 13.6 Å². The van der Waals surface area contributed by atoms with Crippen molar-refractivity contribution in [3.8, 4) is 33.8 Å². The summed E-state index contributed by atoms with van der Waals surface area (Å²) in [6.07, 6.45) is 7.44. The van der Waals surface area contributed by atoms with Gasteiger partial charge in [-0.05, 0) is 90.3 Å². The standard InChI is InChI=1S/C48H47N3O/c1-8-32-27-51-31(7)44-37-15-10-9-14-36(37)41-18-11-12-25-50(41)42(44)24-20-33-19-21-38-39-22-23-40(46-34(28(2)3)16-13-17-35(46)29(4)5)49-48(39)52-47(38)45(33)43(51)26-30(32)6/h9-19,21-23,25-29,42,44H,7-8,20,24H2,1-6H3/q+2. The summed E-state index contributed by atoms with van der Waals surface area (Å²) in [6, 6.07) is 33.8. The van der Waals surface area contributed by atoms with Crippen molar-refractivity contribution in [2.75, 3.05) is 0 Å². The van der Waals surface area contributed by atoms with Crippen molar-refractivity contribution >= 4 is 27.8 Å². The fraction of sp³-hybridized carbons (Fsp3) is 0.271. The molecule has 0 bridgehead atoms. The van der Waals surface area contributed by atoms with Crippen LogP contribution in [0.25, 0.3) is 61.5 Å². The first kappa shape index (κ1) is 32.6. The van der Waals surface area contributed by atoms with Crippen LogP contribution in [0.15, 0.2) is 114 Å². The third-order valence-corrected chi connectivity index (χ3v) is 11.8. The predicted octanol–water partition coefficient (Wildman–Crippen LogP) is 11.4. The van der Waals surface area contributed by atoms with Crippen LogP contribution in [0.5, 0.6) is 0 Å². The number of aromatic nitrogens is 3. The molecule has 4 nitrogen and oxygen atoms in total. The number of hydrogen-bond acceptors (Lipinski definition) is 2. The highest BCUT2D eigenvalue weighted by molar-refractivity contribution is 6.09. The first-order valence-electron chi connectivity index (χ1n) is 19.1. The van der Waals surface area contributed by atoms with Gasteiger partial charge in [-0.1, -0.05) is 83.1 Å². The van der Waals surface area contributed by atoms with E-state index in [4.69, 9.17) is 16.0 Å². The van der Waals surface area contributed by atoms with Gasteiger partial charge in [0.25, 0.3) is 0 Å². The van der Waals surface area contributed by atoms with Crippen LogP contribution in [0.2, 0.25) is 0 Å². The van der Waals surface area contributed by atoms with Crippen molar-refractivity contribution in [1.29, 1.82) is 0 Å². The minimum atomic E-state index is 0.105. The molecular formula is C48H47N3O+2. The highest BCUT2D eigenvalue weighted by Crippen LogP contribution is 2.47. The molecular weight excluding hydrogens is 635 g/mol. The van der Waals surface area contributed by atoms with E-state index >= 15 is 0 Å². The Kier molecular flexibility index (Phi) is 7.77. The number of hydrogen-bond donors (Lipinski definition) is 0. The van der Waals surface area contributed by atoms with Gasteiger partial charge in [0, 0.05) is 46.5 Å². The Morgan fingerprint density at radius 2 is 1.58 bits per heavy atom. The summed E-state index contributed by atoms with van der Waals surface area (Å²) in [5, 5.41) is 2.15. The third kappa shape index (κ3) is 4.91. The van der Waals surface area contributed by atoms with Crippen LogP contribution in [0.4, 0.5) is 0 Å². The molecule has 3 aromatic carbocycles. The second kappa shape index (κ2) is 12.4. The van der Waals surface area contributed by atoms with E-state index < -0.39 is 0 Å². The predicted molar refractivity (Wildman–Crippen MR) is 212 cm³/mol. The Bertz CT molecular complexity index is 2540. The number of fused-ring (bicyclic) bond motifs is 13. The number of pyridine rings is 3.